The summed E-state index contributed by atoms with van der Waals surface area (Å²) in [5, 5.41) is 4.17. The van der Waals surface area contributed by atoms with Crippen LogP contribution in [0.25, 0.3) is 10.2 Å². The molecule has 1 aliphatic heterocycles. The fourth-order valence-corrected chi connectivity index (χ4v) is 5.11. The number of nitrogens with zero attached hydrogens (tertiary/aromatic N) is 2. The number of carbonyl (C=O) groups is 1. The van der Waals surface area contributed by atoms with Crippen molar-refractivity contribution in [2.75, 3.05) is 38.8 Å². The van der Waals surface area contributed by atoms with Gasteiger partial charge in [-0.15, -0.1) is 0 Å². The van der Waals surface area contributed by atoms with Gasteiger partial charge in [0.25, 0.3) is 0 Å². The maximum absolute atomic E-state index is 12.6. The van der Waals surface area contributed by atoms with Gasteiger partial charge >= 0.3 is 0 Å². The smallest absolute Gasteiger partial charge is 0.223 e. The van der Waals surface area contributed by atoms with E-state index in [0.29, 0.717) is 18.0 Å². The molecule has 4 rings (SSSR count). The number of anilines is 1. The summed E-state index contributed by atoms with van der Waals surface area (Å²) in [4.78, 5) is 19.7. The van der Waals surface area contributed by atoms with Gasteiger partial charge in [0.2, 0.25) is 5.91 Å². The predicted octanol–water partition coefficient (Wildman–Crippen LogP) is 4.20. The van der Waals surface area contributed by atoms with Crippen molar-refractivity contribution in [2.45, 2.75) is 26.2 Å². The lowest BCUT2D eigenvalue weighted by atomic mass is 9.96. The summed E-state index contributed by atoms with van der Waals surface area (Å²) in [6.07, 6.45) is 2.48. The molecule has 0 atom stereocenters. The summed E-state index contributed by atoms with van der Waals surface area (Å²) in [7, 11) is 3.26. The number of aromatic nitrogens is 1. The highest BCUT2D eigenvalue weighted by atomic mass is 32.1. The topological polar surface area (TPSA) is 63.7 Å². The Hall–Kier alpha value is -2.80. The van der Waals surface area contributed by atoms with Gasteiger partial charge in [0, 0.05) is 25.6 Å². The van der Waals surface area contributed by atoms with E-state index < -0.39 is 0 Å². The van der Waals surface area contributed by atoms with E-state index in [-0.39, 0.29) is 11.8 Å². The van der Waals surface area contributed by atoms with E-state index in [1.807, 2.05) is 18.2 Å². The number of piperidine rings is 1. The number of nitrogens with one attached hydrogen (secondary N) is 1. The monoisotopic (exact) mass is 439 g/mol. The molecule has 0 bridgehead atoms. The van der Waals surface area contributed by atoms with Crippen LogP contribution in [0.4, 0.5) is 5.13 Å². The number of ether oxygens (including phenoxy) is 2. The zero-order chi connectivity index (χ0) is 21.8. The summed E-state index contributed by atoms with van der Waals surface area (Å²) in [5.74, 6) is 1.65. The van der Waals surface area contributed by atoms with Crippen molar-refractivity contribution in [3.05, 3.63) is 47.5 Å². The lowest BCUT2D eigenvalue weighted by Crippen LogP contribution is -2.41. The molecule has 31 heavy (non-hydrogen) atoms. The van der Waals surface area contributed by atoms with Crippen molar-refractivity contribution >= 4 is 32.6 Å². The van der Waals surface area contributed by atoms with Gasteiger partial charge in [-0.1, -0.05) is 23.5 Å². The minimum absolute atomic E-state index is 0.0678. The zero-order valence-corrected chi connectivity index (χ0v) is 19.1. The lowest BCUT2D eigenvalue weighted by molar-refractivity contribution is -0.125. The first-order valence-electron chi connectivity index (χ1n) is 10.7. The Morgan fingerprint density at radius 2 is 1.90 bits per heavy atom. The van der Waals surface area contributed by atoms with E-state index in [1.165, 1.54) is 10.3 Å². The second-order valence-corrected chi connectivity index (χ2v) is 8.97. The second kappa shape index (κ2) is 9.56. The van der Waals surface area contributed by atoms with Crippen LogP contribution in [0.15, 0.2) is 36.4 Å². The molecule has 0 aliphatic carbocycles. The van der Waals surface area contributed by atoms with E-state index in [0.717, 1.165) is 48.6 Å². The fraction of sp³-hybridized carbons (Fsp3) is 0.417. The minimum atomic E-state index is 0.0678. The second-order valence-electron chi connectivity index (χ2n) is 7.96. The molecule has 1 saturated heterocycles. The number of hydrogen-bond acceptors (Lipinski definition) is 6. The standard InChI is InChI=1S/C24H29N3O3S/c1-16-4-6-19-22(14-16)31-24(26-19)27-12-9-18(10-13-27)23(28)25-11-8-17-5-7-20(29-2)21(15-17)30-3/h4-7,14-15,18H,8-13H2,1-3H3,(H,25,28). The van der Waals surface area contributed by atoms with Crippen LogP contribution in [0.2, 0.25) is 0 Å². The van der Waals surface area contributed by atoms with E-state index in [4.69, 9.17) is 14.5 Å². The summed E-state index contributed by atoms with van der Waals surface area (Å²) < 4.78 is 11.9. The average molecular weight is 440 g/mol. The molecule has 2 heterocycles. The molecule has 1 fully saturated rings. The predicted molar refractivity (Wildman–Crippen MR) is 126 cm³/mol. The quantitative estimate of drug-likeness (QED) is 0.598. The summed E-state index contributed by atoms with van der Waals surface area (Å²) >= 11 is 1.74. The molecule has 1 aromatic heterocycles. The molecule has 0 spiro atoms. The lowest BCUT2D eigenvalue weighted by Gasteiger charge is -2.31. The fourth-order valence-electron chi connectivity index (χ4n) is 4.00. The maximum Gasteiger partial charge on any atom is 0.223 e. The summed E-state index contributed by atoms with van der Waals surface area (Å²) in [6.45, 7) is 4.46. The third-order valence-corrected chi connectivity index (χ3v) is 6.91. The SMILES string of the molecule is COc1ccc(CCNC(=O)C2CCN(c3nc4ccc(C)cc4s3)CC2)cc1OC. The number of benzene rings is 2. The van der Waals surface area contributed by atoms with Gasteiger partial charge in [-0.25, -0.2) is 4.98 Å². The Balaban J connectivity index is 1.26. The van der Waals surface area contributed by atoms with E-state index in [9.17, 15) is 4.79 Å². The number of carbonyl (C=O) groups excluding carboxylic acids is 1. The normalized spacial score (nSPS) is 14.6. The minimum Gasteiger partial charge on any atom is -0.493 e. The zero-order valence-electron chi connectivity index (χ0n) is 18.3. The van der Waals surface area contributed by atoms with Crippen LogP contribution in [0.1, 0.15) is 24.0 Å². The summed E-state index contributed by atoms with van der Waals surface area (Å²) in [6, 6.07) is 12.2. The van der Waals surface area contributed by atoms with Gasteiger partial charge in [0.05, 0.1) is 24.4 Å². The van der Waals surface area contributed by atoms with E-state index in [1.54, 1.807) is 25.6 Å². The first kappa shape index (κ1) is 21.4. The first-order chi connectivity index (χ1) is 15.1. The van der Waals surface area contributed by atoms with Gasteiger partial charge in [-0.3, -0.25) is 4.79 Å². The molecular weight excluding hydrogens is 410 g/mol. The number of hydrogen-bond donors (Lipinski definition) is 1. The maximum atomic E-state index is 12.6. The molecule has 0 radical (unpaired) electrons. The number of methoxy groups -OCH3 is 2. The molecule has 1 N–H and O–H groups in total. The Bertz CT molecular complexity index is 1060. The van der Waals surface area contributed by atoms with Gasteiger partial charge < -0.3 is 19.7 Å². The Morgan fingerprint density at radius 1 is 1.13 bits per heavy atom. The van der Waals surface area contributed by atoms with Crippen molar-refractivity contribution in [2.24, 2.45) is 5.92 Å². The molecule has 3 aromatic rings. The van der Waals surface area contributed by atoms with Crippen LogP contribution in [0, 0.1) is 12.8 Å². The number of aryl methyl sites for hydroxylation is 1. The highest BCUT2D eigenvalue weighted by Crippen LogP contribution is 2.32. The molecule has 7 heteroatoms. The highest BCUT2D eigenvalue weighted by Gasteiger charge is 2.26. The van der Waals surface area contributed by atoms with Crippen molar-refractivity contribution in [1.82, 2.24) is 10.3 Å². The Labute approximate surface area is 187 Å². The van der Waals surface area contributed by atoms with E-state index >= 15 is 0 Å². The molecule has 2 aromatic carbocycles. The van der Waals surface area contributed by atoms with Crippen LogP contribution in [-0.2, 0) is 11.2 Å². The first-order valence-corrected chi connectivity index (χ1v) is 11.5. The Kier molecular flexibility index (Phi) is 6.61. The van der Waals surface area contributed by atoms with Crippen molar-refractivity contribution in [3.8, 4) is 11.5 Å². The van der Waals surface area contributed by atoms with Crippen molar-refractivity contribution in [1.29, 1.82) is 0 Å². The third-order valence-electron chi connectivity index (χ3n) is 5.83. The third kappa shape index (κ3) is 4.93. The molecule has 164 valence electrons. The largest absolute Gasteiger partial charge is 0.493 e. The molecule has 1 aliphatic rings. The number of amides is 1. The van der Waals surface area contributed by atoms with E-state index in [2.05, 4.69) is 35.3 Å². The van der Waals surface area contributed by atoms with Crippen molar-refractivity contribution in [3.63, 3.8) is 0 Å². The Morgan fingerprint density at radius 3 is 2.65 bits per heavy atom. The molecule has 0 saturated carbocycles. The van der Waals surface area contributed by atoms with Crippen LogP contribution in [-0.4, -0.2) is 44.7 Å². The van der Waals surface area contributed by atoms with Gasteiger partial charge in [-0.05, 0) is 61.6 Å². The highest BCUT2D eigenvalue weighted by molar-refractivity contribution is 7.22. The van der Waals surface area contributed by atoms with Gasteiger partial charge in [0.15, 0.2) is 16.6 Å². The molecule has 6 nitrogen and oxygen atoms in total. The van der Waals surface area contributed by atoms with Gasteiger partial charge in [-0.2, -0.15) is 0 Å². The van der Waals surface area contributed by atoms with Crippen LogP contribution in [0.5, 0.6) is 11.5 Å². The summed E-state index contributed by atoms with van der Waals surface area (Å²) in [5.41, 5.74) is 3.42. The average Bonchev–Trinajstić information content (AvgIpc) is 3.22. The van der Waals surface area contributed by atoms with Crippen LogP contribution in [0.3, 0.4) is 0 Å². The number of fused-ring (bicyclic) bond motifs is 1. The molecule has 1 amide bonds. The van der Waals surface area contributed by atoms with Crippen molar-refractivity contribution < 1.29 is 14.3 Å². The van der Waals surface area contributed by atoms with Crippen LogP contribution >= 0.6 is 11.3 Å². The van der Waals surface area contributed by atoms with Crippen LogP contribution < -0.4 is 19.7 Å². The molecule has 0 unspecified atom stereocenters. The molecular formula is C24H29N3O3S. The van der Waals surface area contributed by atoms with Gasteiger partial charge in [0.1, 0.15) is 0 Å². The number of thiazole rings is 1. The number of rotatable bonds is 7.